The summed E-state index contributed by atoms with van der Waals surface area (Å²) in [6.07, 6.45) is 2.38. The highest BCUT2D eigenvalue weighted by molar-refractivity contribution is 8.00. The van der Waals surface area contributed by atoms with Crippen molar-refractivity contribution in [2.75, 3.05) is 6.61 Å². The number of ether oxygens (including phenoxy) is 1. The van der Waals surface area contributed by atoms with E-state index in [1.807, 2.05) is 34.9 Å². The van der Waals surface area contributed by atoms with Crippen molar-refractivity contribution in [2.24, 2.45) is 0 Å². The first-order valence-electron chi connectivity index (χ1n) is 5.63. The first kappa shape index (κ1) is 11.3. The molecular weight excluding hydrogens is 250 g/mol. The van der Waals surface area contributed by atoms with Crippen LogP contribution >= 0.6 is 11.8 Å². The molecule has 92 valence electrons. The lowest BCUT2D eigenvalue weighted by Crippen LogP contribution is -2.10. The summed E-state index contributed by atoms with van der Waals surface area (Å²) in [5, 5.41) is 8.51. The van der Waals surface area contributed by atoms with Crippen molar-refractivity contribution >= 4 is 17.7 Å². The second-order valence-electron chi connectivity index (χ2n) is 3.88. The number of rotatable bonds is 3. The molecule has 1 atom stereocenters. The number of cyclic esters (lactones) is 1. The number of hydrogen-bond acceptors (Lipinski definition) is 5. The van der Waals surface area contributed by atoms with Gasteiger partial charge in [-0.15, -0.1) is 10.2 Å². The minimum atomic E-state index is -0.170. The van der Waals surface area contributed by atoms with Crippen molar-refractivity contribution in [3.05, 3.63) is 36.7 Å². The Kier molecular flexibility index (Phi) is 3.02. The summed E-state index contributed by atoms with van der Waals surface area (Å²) in [4.78, 5) is 11.4. The molecule has 18 heavy (non-hydrogen) atoms. The van der Waals surface area contributed by atoms with Gasteiger partial charge in [-0.2, -0.15) is 0 Å². The van der Waals surface area contributed by atoms with Gasteiger partial charge in [0, 0.05) is 12.1 Å². The predicted octanol–water partition coefficient (Wildman–Crippen LogP) is 1.67. The van der Waals surface area contributed by atoms with Crippen LogP contribution in [0.2, 0.25) is 0 Å². The third kappa shape index (κ3) is 2.11. The number of carbonyl (C=O) groups excluding carboxylic acids is 1. The Labute approximate surface area is 108 Å². The minimum Gasteiger partial charge on any atom is -0.465 e. The molecule has 0 N–H and O–H groups in total. The van der Waals surface area contributed by atoms with Crippen molar-refractivity contribution in [1.82, 2.24) is 14.8 Å². The van der Waals surface area contributed by atoms with E-state index in [0.717, 1.165) is 12.1 Å². The minimum absolute atomic E-state index is 0.164. The average molecular weight is 261 g/mol. The van der Waals surface area contributed by atoms with Gasteiger partial charge in [-0.05, 0) is 12.1 Å². The van der Waals surface area contributed by atoms with E-state index in [0.29, 0.717) is 11.8 Å². The number of hydrogen-bond donors (Lipinski definition) is 0. The second kappa shape index (κ2) is 4.81. The zero-order chi connectivity index (χ0) is 12.4. The number of nitrogens with zero attached hydrogens (tertiary/aromatic N) is 3. The summed E-state index contributed by atoms with van der Waals surface area (Å²) >= 11 is 1.40. The number of carbonyl (C=O) groups is 1. The molecule has 3 rings (SSSR count). The van der Waals surface area contributed by atoms with Crippen molar-refractivity contribution in [3.63, 3.8) is 0 Å². The Morgan fingerprint density at radius 3 is 2.89 bits per heavy atom. The fourth-order valence-corrected chi connectivity index (χ4v) is 2.78. The number of benzene rings is 1. The molecule has 2 heterocycles. The topological polar surface area (TPSA) is 57.0 Å². The van der Waals surface area contributed by atoms with Crippen molar-refractivity contribution in [2.45, 2.75) is 16.8 Å². The maximum atomic E-state index is 11.4. The maximum Gasteiger partial charge on any atom is 0.319 e. The third-order valence-corrected chi connectivity index (χ3v) is 3.89. The van der Waals surface area contributed by atoms with Crippen LogP contribution < -0.4 is 0 Å². The number of esters is 1. The predicted molar refractivity (Wildman–Crippen MR) is 66.6 cm³/mol. The van der Waals surface area contributed by atoms with Gasteiger partial charge in [0.05, 0.1) is 6.61 Å². The Hall–Kier alpha value is -1.82. The Morgan fingerprint density at radius 1 is 1.33 bits per heavy atom. The van der Waals surface area contributed by atoms with Gasteiger partial charge in [0.1, 0.15) is 11.6 Å². The smallest absolute Gasteiger partial charge is 0.319 e. The highest BCUT2D eigenvalue weighted by Gasteiger charge is 2.29. The van der Waals surface area contributed by atoms with Gasteiger partial charge in [-0.25, -0.2) is 0 Å². The van der Waals surface area contributed by atoms with Gasteiger partial charge < -0.3 is 4.74 Å². The van der Waals surface area contributed by atoms with E-state index < -0.39 is 0 Å². The molecule has 5 nitrogen and oxygen atoms in total. The van der Waals surface area contributed by atoms with Gasteiger partial charge in [-0.1, -0.05) is 30.0 Å². The number of thioether (sulfide) groups is 1. The largest absolute Gasteiger partial charge is 0.465 e. The summed E-state index contributed by atoms with van der Waals surface area (Å²) in [7, 11) is 0. The van der Waals surface area contributed by atoms with Crippen LogP contribution in [0.5, 0.6) is 0 Å². The molecule has 0 spiro atoms. The van der Waals surface area contributed by atoms with Crippen LogP contribution in [0.3, 0.4) is 0 Å². The first-order chi connectivity index (χ1) is 8.84. The van der Waals surface area contributed by atoms with Crippen LogP contribution in [0.25, 0.3) is 5.69 Å². The van der Waals surface area contributed by atoms with E-state index in [4.69, 9.17) is 4.74 Å². The van der Waals surface area contributed by atoms with Gasteiger partial charge in [0.25, 0.3) is 0 Å². The van der Waals surface area contributed by atoms with Gasteiger partial charge in [-0.3, -0.25) is 9.36 Å². The van der Waals surface area contributed by atoms with E-state index in [1.54, 1.807) is 6.33 Å². The molecule has 0 amide bonds. The highest BCUT2D eigenvalue weighted by Crippen LogP contribution is 2.29. The zero-order valence-electron chi connectivity index (χ0n) is 9.52. The van der Waals surface area contributed by atoms with Gasteiger partial charge in [0.2, 0.25) is 0 Å². The van der Waals surface area contributed by atoms with E-state index in [2.05, 4.69) is 10.2 Å². The summed E-state index contributed by atoms with van der Waals surface area (Å²) in [6, 6.07) is 9.80. The summed E-state index contributed by atoms with van der Waals surface area (Å²) < 4.78 is 6.81. The third-order valence-electron chi connectivity index (χ3n) is 2.69. The number of aromatic nitrogens is 3. The first-order valence-corrected chi connectivity index (χ1v) is 6.51. The lowest BCUT2D eigenvalue weighted by Gasteiger charge is -2.07. The molecule has 1 saturated heterocycles. The van der Waals surface area contributed by atoms with Crippen LogP contribution in [-0.4, -0.2) is 32.6 Å². The van der Waals surface area contributed by atoms with E-state index >= 15 is 0 Å². The molecule has 0 bridgehead atoms. The molecule has 1 aliphatic heterocycles. The van der Waals surface area contributed by atoms with Crippen LogP contribution in [0.15, 0.2) is 41.8 Å². The molecule has 0 saturated carbocycles. The average Bonchev–Trinajstić information content (AvgIpc) is 3.01. The van der Waals surface area contributed by atoms with Crippen molar-refractivity contribution < 1.29 is 9.53 Å². The van der Waals surface area contributed by atoms with Crippen LogP contribution in [-0.2, 0) is 9.53 Å². The quantitative estimate of drug-likeness (QED) is 0.787. The van der Waals surface area contributed by atoms with Crippen molar-refractivity contribution in [3.8, 4) is 5.69 Å². The van der Waals surface area contributed by atoms with Gasteiger partial charge in [0.15, 0.2) is 5.16 Å². The second-order valence-corrected chi connectivity index (χ2v) is 5.05. The SMILES string of the molecule is O=C1OCCC1Sc1nncn1-c1ccccc1. The highest BCUT2D eigenvalue weighted by atomic mass is 32.2. The molecule has 1 unspecified atom stereocenters. The monoisotopic (exact) mass is 261 g/mol. The Bertz CT molecular complexity index is 555. The fourth-order valence-electron chi connectivity index (χ4n) is 1.78. The maximum absolute atomic E-state index is 11.4. The summed E-state index contributed by atoms with van der Waals surface area (Å²) in [5.74, 6) is -0.164. The standard InChI is InChI=1S/C12H11N3O2S/c16-11-10(6-7-17-11)18-12-14-13-8-15(12)9-4-2-1-3-5-9/h1-5,8,10H,6-7H2. The van der Waals surface area contributed by atoms with E-state index in [9.17, 15) is 4.79 Å². The van der Waals surface area contributed by atoms with Crippen LogP contribution in [0.1, 0.15) is 6.42 Å². The van der Waals surface area contributed by atoms with Crippen molar-refractivity contribution in [1.29, 1.82) is 0 Å². The lowest BCUT2D eigenvalue weighted by atomic mass is 10.3. The number of para-hydroxylation sites is 1. The molecular formula is C12H11N3O2S. The molecule has 0 radical (unpaired) electrons. The molecule has 1 aromatic carbocycles. The summed E-state index contributed by atoms with van der Waals surface area (Å²) in [5.41, 5.74) is 0.983. The Balaban J connectivity index is 1.86. The molecule has 1 fully saturated rings. The van der Waals surface area contributed by atoms with E-state index in [-0.39, 0.29) is 11.2 Å². The normalized spacial score (nSPS) is 18.9. The lowest BCUT2D eigenvalue weighted by molar-refractivity contribution is -0.137. The molecule has 1 aliphatic rings. The Morgan fingerprint density at radius 2 is 2.17 bits per heavy atom. The van der Waals surface area contributed by atoms with E-state index in [1.165, 1.54) is 11.8 Å². The molecule has 1 aromatic heterocycles. The molecule has 0 aliphatic carbocycles. The van der Waals surface area contributed by atoms with Crippen LogP contribution in [0, 0.1) is 0 Å². The fraction of sp³-hybridized carbons (Fsp3) is 0.250. The van der Waals surface area contributed by atoms with Crippen LogP contribution in [0.4, 0.5) is 0 Å². The molecule has 2 aromatic rings. The molecule has 6 heteroatoms. The van der Waals surface area contributed by atoms with Gasteiger partial charge >= 0.3 is 5.97 Å². The summed E-state index contributed by atoms with van der Waals surface area (Å²) in [6.45, 7) is 0.496. The zero-order valence-corrected chi connectivity index (χ0v) is 10.3.